The number of allylic oxidation sites excluding steroid dienone is 4. The van der Waals surface area contributed by atoms with E-state index in [2.05, 4.69) is 10.9 Å². The maximum absolute atomic E-state index is 13.7. The van der Waals surface area contributed by atoms with Gasteiger partial charge in [0, 0.05) is 5.57 Å². The maximum Gasteiger partial charge on any atom is 0.139 e. The van der Waals surface area contributed by atoms with Crippen LogP contribution in [0, 0.1) is 19.3 Å². The third-order valence-corrected chi connectivity index (χ3v) is 2.75. The highest BCUT2D eigenvalue weighted by Crippen LogP contribution is 2.31. The SMILES string of the molecule is C#Cc1cc(C)c(C2=CCCC=C2F)nc1N. The highest BCUT2D eigenvalue weighted by atomic mass is 19.1. The predicted octanol–water partition coefficient (Wildman–Crippen LogP) is 2.98. The summed E-state index contributed by atoms with van der Waals surface area (Å²) in [6.07, 6.45) is 10.3. The van der Waals surface area contributed by atoms with E-state index in [1.54, 1.807) is 12.1 Å². The van der Waals surface area contributed by atoms with Crippen LogP contribution in [0.15, 0.2) is 24.0 Å². The fourth-order valence-corrected chi connectivity index (χ4v) is 1.87. The zero-order valence-corrected chi connectivity index (χ0v) is 9.63. The number of nitrogens with zero attached hydrogens (tertiary/aromatic N) is 1. The second-order valence-corrected chi connectivity index (χ2v) is 3.98. The molecule has 86 valence electrons. The topological polar surface area (TPSA) is 38.9 Å². The normalized spacial score (nSPS) is 14.9. The number of hydrogen-bond donors (Lipinski definition) is 1. The molecule has 1 heterocycles. The van der Waals surface area contributed by atoms with Crippen molar-refractivity contribution >= 4 is 11.4 Å². The fourth-order valence-electron chi connectivity index (χ4n) is 1.87. The van der Waals surface area contributed by atoms with Gasteiger partial charge in [0.25, 0.3) is 0 Å². The average molecular weight is 228 g/mol. The molecule has 17 heavy (non-hydrogen) atoms. The van der Waals surface area contributed by atoms with Crippen LogP contribution < -0.4 is 5.73 Å². The molecule has 1 aliphatic rings. The summed E-state index contributed by atoms with van der Waals surface area (Å²) < 4.78 is 13.7. The smallest absolute Gasteiger partial charge is 0.139 e. The highest BCUT2D eigenvalue weighted by molar-refractivity contribution is 5.78. The Hall–Kier alpha value is -2.08. The lowest BCUT2D eigenvalue weighted by Gasteiger charge is -2.13. The minimum Gasteiger partial charge on any atom is -0.383 e. The van der Waals surface area contributed by atoms with E-state index in [-0.39, 0.29) is 11.6 Å². The Kier molecular flexibility index (Phi) is 2.97. The van der Waals surface area contributed by atoms with E-state index >= 15 is 0 Å². The number of hydrogen-bond acceptors (Lipinski definition) is 2. The van der Waals surface area contributed by atoms with Crippen molar-refractivity contribution in [3.05, 3.63) is 40.9 Å². The first-order chi connectivity index (χ1) is 8.13. The van der Waals surface area contributed by atoms with Crippen molar-refractivity contribution in [2.75, 3.05) is 5.73 Å². The van der Waals surface area contributed by atoms with Crippen LogP contribution in [0.4, 0.5) is 10.2 Å². The van der Waals surface area contributed by atoms with Crippen molar-refractivity contribution in [1.82, 2.24) is 4.98 Å². The summed E-state index contributed by atoms with van der Waals surface area (Å²) in [6, 6.07) is 1.76. The van der Waals surface area contributed by atoms with Crippen LogP contribution in [0.3, 0.4) is 0 Å². The average Bonchev–Trinajstić information content (AvgIpc) is 2.32. The Balaban J connectivity index is 2.54. The summed E-state index contributed by atoms with van der Waals surface area (Å²) in [7, 11) is 0. The summed E-state index contributed by atoms with van der Waals surface area (Å²) in [5.41, 5.74) is 8.21. The van der Waals surface area contributed by atoms with E-state index in [1.807, 2.05) is 13.0 Å². The summed E-state index contributed by atoms with van der Waals surface area (Å²) in [6.45, 7) is 1.85. The van der Waals surface area contributed by atoms with Gasteiger partial charge in [-0.15, -0.1) is 6.42 Å². The molecule has 0 aromatic carbocycles. The van der Waals surface area contributed by atoms with Gasteiger partial charge in [0.2, 0.25) is 0 Å². The Labute approximate surface area is 100 Å². The Morgan fingerprint density at radius 3 is 2.76 bits per heavy atom. The van der Waals surface area contributed by atoms with Gasteiger partial charge in [0.15, 0.2) is 0 Å². The molecule has 0 radical (unpaired) electrons. The lowest BCUT2D eigenvalue weighted by molar-refractivity contribution is 0.659. The van der Waals surface area contributed by atoms with Gasteiger partial charge in [-0.2, -0.15) is 0 Å². The van der Waals surface area contributed by atoms with E-state index in [4.69, 9.17) is 12.2 Å². The second kappa shape index (κ2) is 4.42. The number of nitrogen functional groups attached to an aromatic ring is 1. The van der Waals surface area contributed by atoms with Crippen LogP contribution in [-0.4, -0.2) is 4.98 Å². The molecule has 0 saturated heterocycles. The zero-order chi connectivity index (χ0) is 12.4. The molecule has 2 N–H and O–H groups in total. The van der Waals surface area contributed by atoms with Crippen molar-refractivity contribution in [3.63, 3.8) is 0 Å². The zero-order valence-electron chi connectivity index (χ0n) is 9.63. The lowest BCUT2D eigenvalue weighted by Crippen LogP contribution is -2.03. The molecule has 1 aromatic heterocycles. The van der Waals surface area contributed by atoms with Crippen LogP contribution in [0.2, 0.25) is 0 Å². The van der Waals surface area contributed by atoms with Gasteiger partial charge in [0.05, 0.1) is 11.3 Å². The first kappa shape index (κ1) is 11.4. The molecule has 0 unspecified atom stereocenters. The van der Waals surface area contributed by atoms with Crippen molar-refractivity contribution in [1.29, 1.82) is 0 Å². The largest absolute Gasteiger partial charge is 0.383 e. The molecule has 0 amide bonds. The number of anilines is 1. The fraction of sp³-hybridized carbons (Fsp3) is 0.214. The number of halogens is 1. The third kappa shape index (κ3) is 2.07. The number of nitrogens with two attached hydrogens (primary N) is 1. The highest BCUT2D eigenvalue weighted by Gasteiger charge is 2.15. The van der Waals surface area contributed by atoms with Crippen LogP contribution in [0.25, 0.3) is 5.57 Å². The van der Waals surface area contributed by atoms with Gasteiger partial charge in [0.1, 0.15) is 11.6 Å². The molecule has 0 aliphatic heterocycles. The van der Waals surface area contributed by atoms with Gasteiger partial charge in [-0.05, 0) is 37.5 Å². The van der Waals surface area contributed by atoms with Gasteiger partial charge in [-0.1, -0.05) is 12.0 Å². The van der Waals surface area contributed by atoms with Crippen LogP contribution in [-0.2, 0) is 0 Å². The summed E-state index contributed by atoms with van der Waals surface area (Å²) in [5.74, 6) is 2.50. The molecule has 3 heteroatoms. The molecule has 0 atom stereocenters. The maximum atomic E-state index is 13.7. The predicted molar refractivity (Wildman–Crippen MR) is 67.7 cm³/mol. The molecule has 1 aliphatic carbocycles. The van der Waals surface area contributed by atoms with Crippen molar-refractivity contribution < 1.29 is 4.39 Å². The number of rotatable bonds is 1. The Morgan fingerprint density at radius 2 is 2.12 bits per heavy atom. The second-order valence-electron chi connectivity index (χ2n) is 3.98. The molecule has 1 aromatic rings. The van der Waals surface area contributed by atoms with E-state index in [1.165, 1.54) is 0 Å². The van der Waals surface area contributed by atoms with Crippen LogP contribution in [0.5, 0.6) is 0 Å². The summed E-state index contributed by atoms with van der Waals surface area (Å²) >= 11 is 0. The van der Waals surface area contributed by atoms with E-state index in [0.29, 0.717) is 16.8 Å². The quantitative estimate of drug-likeness (QED) is 0.750. The molecule has 2 rings (SSSR count). The Bertz CT molecular complexity index is 562. The third-order valence-electron chi connectivity index (χ3n) is 2.75. The number of terminal acetylenes is 1. The van der Waals surface area contributed by atoms with E-state index < -0.39 is 0 Å². The van der Waals surface area contributed by atoms with Gasteiger partial charge < -0.3 is 5.73 Å². The first-order valence-corrected chi connectivity index (χ1v) is 5.43. The Morgan fingerprint density at radius 1 is 1.41 bits per heavy atom. The molecule has 0 fully saturated rings. The molecule has 2 nitrogen and oxygen atoms in total. The number of aromatic nitrogens is 1. The van der Waals surface area contributed by atoms with Crippen LogP contribution >= 0.6 is 0 Å². The molecule has 0 bridgehead atoms. The van der Waals surface area contributed by atoms with Crippen molar-refractivity contribution in [2.24, 2.45) is 0 Å². The number of pyridine rings is 1. The monoisotopic (exact) mass is 228 g/mol. The molecule has 0 spiro atoms. The van der Waals surface area contributed by atoms with E-state index in [9.17, 15) is 4.39 Å². The minimum absolute atomic E-state index is 0.236. The number of aryl methyl sites for hydroxylation is 1. The van der Waals surface area contributed by atoms with Gasteiger partial charge in [-0.25, -0.2) is 9.37 Å². The van der Waals surface area contributed by atoms with Gasteiger partial charge >= 0.3 is 0 Å². The van der Waals surface area contributed by atoms with Crippen molar-refractivity contribution in [3.8, 4) is 12.3 Å². The molecular weight excluding hydrogens is 215 g/mol. The van der Waals surface area contributed by atoms with Gasteiger partial charge in [-0.3, -0.25) is 0 Å². The summed E-state index contributed by atoms with van der Waals surface area (Å²) in [5, 5.41) is 0. The van der Waals surface area contributed by atoms with E-state index in [0.717, 1.165) is 18.4 Å². The molecule has 0 saturated carbocycles. The minimum atomic E-state index is -0.236. The lowest BCUT2D eigenvalue weighted by atomic mass is 9.98. The standard InChI is InChI=1S/C14H13FN2/c1-3-10-8-9(2)13(17-14(10)16)11-6-4-5-7-12(11)15/h1,6-8H,4-5H2,2H3,(H2,16,17). The summed E-state index contributed by atoms with van der Waals surface area (Å²) in [4.78, 5) is 4.20. The first-order valence-electron chi connectivity index (χ1n) is 5.43. The van der Waals surface area contributed by atoms with Crippen molar-refractivity contribution in [2.45, 2.75) is 19.8 Å². The van der Waals surface area contributed by atoms with Crippen LogP contribution in [0.1, 0.15) is 29.7 Å². The molecular formula is C14H13FN2.